The highest BCUT2D eigenvalue weighted by molar-refractivity contribution is 6.05. The second kappa shape index (κ2) is 9.46. The van der Waals surface area contributed by atoms with Crippen molar-refractivity contribution in [3.05, 3.63) is 58.1 Å². The summed E-state index contributed by atoms with van der Waals surface area (Å²) >= 11 is 0. The number of amides is 3. The Hall–Kier alpha value is -3.95. The van der Waals surface area contributed by atoms with Crippen LogP contribution in [0.15, 0.2) is 42.5 Å². The van der Waals surface area contributed by atoms with Crippen LogP contribution in [0, 0.1) is 16.0 Å². The summed E-state index contributed by atoms with van der Waals surface area (Å²) in [5.41, 5.74) is 0.777. The largest absolute Gasteiger partial charge is 0.495 e. The summed E-state index contributed by atoms with van der Waals surface area (Å²) in [6.07, 6.45) is 0.176. The van der Waals surface area contributed by atoms with Crippen molar-refractivity contribution in [2.75, 3.05) is 24.3 Å². The fourth-order valence-electron chi connectivity index (χ4n) is 3.46. The van der Waals surface area contributed by atoms with Gasteiger partial charge in [-0.1, -0.05) is 0 Å². The van der Waals surface area contributed by atoms with E-state index in [1.54, 1.807) is 17.0 Å². The monoisotopic (exact) mass is 440 g/mol. The third-order valence-electron chi connectivity index (χ3n) is 5.21. The molecule has 1 heterocycles. The van der Waals surface area contributed by atoms with Crippen molar-refractivity contribution in [3.63, 3.8) is 0 Å². The Morgan fingerprint density at radius 2 is 1.84 bits per heavy atom. The van der Waals surface area contributed by atoms with Crippen LogP contribution in [0.1, 0.15) is 30.6 Å². The Balaban J connectivity index is 1.65. The third-order valence-corrected chi connectivity index (χ3v) is 5.21. The quantitative estimate of drug-likeness (QED) is 0.503. The molecule has 0 aliphatic carbocycles. The Kier molecular flexibility index (Phi) is 6.72. The van der Waals surface area contributed by atoms with Gasteiger partial charge in [-0.05, 0) is 44.2 Å². The fourth-order valence-corrected chi connectivity index (χ4v) is 3.46. The maximum Gasteiger partial charge on any atom is 0.271 e. The molecule has 1 unspecified atom stereocenters. The molecule has 2 aromatic rings. The van der Waals surface area contributed by atoms with Gasteiger partial charge in [-0.15, -0.1) is 0 Å². The Morgan fingerprint density at radius 1 is 1.16 bits per heavy atom. The molecule has 32 heavy (non-hydrogen) atoms. The number of hydrogen-bond donors (Lipinski definition) is 2. The maximum atomic E-state index is 12.6. The van der Waals surface area contributed by atoms with Gasteiger partial charge in [-0.3, -0.25) is 24.5 Å². The summed E-state index contributed by atoms with van der Waals surface area (Å²) in [6.45, 7) is 4.20. The van der Waals surface area contributed by atoms with Crippen LogP contribution in [0.2, 0.25) is 0 Å². The van der Waals surface area contributed by atoms with Crippen molar-refractivity contribution >= 4 is 34.8 Å². The minimum atomic E-state index is -0.565. The molecular weight excluding hydrogens is 416 g/mol. The van der Waals surface area contributed by atoms with Crippen molar-refractivity contribution in [1.29, 1.82) is 0 Å². The van der Waals surface area contributed by atoms with Gasteiger partial charge in [0, 0.05) is 42.4 Å². The van der Waals surface area contributed by atoms with Crippen molar-refractivity contribution in [1.82, 2.24) is 4.90 Å². The van der Waals surface area contributed by atoms with Gasteiger partial charge in [0.1, 0.15) is 5.75 Å². The van der Waals surface area contributed by atoms with Gasteiger partial charge in [-0.25, -0.2) is 0 Å². The number of nitro benzene ring substituents is 1. The fraction of sp³-hybridized carbons (Fsp3) is 0.318. The lowest BCUT2D eigenvalue weighted by molar-refractivity contribution is -0.384. The molecule has 10 heteroatoms. The number of likely N-dealkylation sites (tertiary alicyclic amines) is 1. The number of nitro groups is 1. The number of nitrogens with zero attached hydrogens (tertiary/aromatic N) is 2. The first-order valence-electron chi connectivity index (χ1n) is 10.0. The second-order valence-electron chi connectivity index (χ2n) is 7.70. The van der Waals surface area contributed by atoms with Gasteiger partial charge >= 0.3 is 0 Å². The van der Waals surface area contributed by atoms with Gasteiger partial charge in [0.15, 0.2) is 0 Å². The normalized spacial score (nSPS) is 15.6. The van der Waals surface area contributed by atoms with E-state index in [9.17, 15) is 24.5 Å². The molecule has 0 aromatic heterocycles. The molecule has 1 aliphatic heterocycles. The zero-order valence-corrected chi connectivity index (χ0v) is 18.0. The molecule has 1 atom stereocenters. The van der Waals surface area contributed by atoms with E-state index in [0.29, 0.717) is 17.8 Å². The molecule has 3 amide bonds. The molecule has 0 saturated carbocycles. The Bertz CT molecular complexity index is 1050. The number of benzene rings is 2. The molecule has 0 radical (unpaired) electrons. The van der Waals surface area contributed by atoms with Crippen LogP contribution in [0.5, 0.6) is 5.75 Å². The van der Waals surface area contributed by atoms with Crippen molar-refractivity contribution in [2.45, 2.75) is 26.3 Å². The number of carbonyl (C=O) groups is 3. The smallest absolute Gasteiger partial charge is 0.271 e. The Labute approximate surface area is 184 Å². The second-order valence-corrected chi connectivity index (χ2v) is 7.70. The molecule has 168 valence electrons. The zero-order valence-electron chi connectivity index (χ0n) is 18.0. The van der Waals surface area contributed by atoms with Crippen molar-refractivity contribution in [3.8, 4) is 5.75 Å². The van der Waals surface area contributed by atoms with Crippen molar-refractivity contribution < 1.29 is 24.0 Å². The minimum Gasteiger partial charge on any atom is -0.495 e. The number of anilines is 2. The first-order valence-corrected chi connectivity index (χ1v) is 10.0. The third kappa shape index (κ3) is 5.02. The van der Waals surface area contributed by atoms with E-state index in [1.165, 1.54) is 37.4 Å². The SMILES string of the molecule is COc1ccc([N+](=O)[O-])cc1NC(=O)c1ccc(NC(=O)C2CC(=O)N(C(C)C)C2)cc1. The van der Waals surface area contributed by atoms with E-state index in [1.807, 2.05) is 13.8 Å². The number of ether oxygens (including phenoxy) is 1. The van der Waals surface area contributed by atoms with E-state index >= 15 is 0 Å². The predicted octanol–water partition coefficient (Wildman–Crippen LogP) is 3.05. The van der Waals surface area contributed by atoms with Crippen LogP contribution in [-0.2, 0) is 9.59 Å². The Morgan fingerprint density at radius 3 is 2.41 bits per heavy atom. The topological polar surface area (TPSA) is 131 Å². The standard InChI is InChI=1S/C22H24N4O6/c1-13(2)25-12-15(10-20(25)27)22(29)23-16-6-4-14(5-7-16)21(28)24-18-11-17(26(30)31)8-9-19(18)32-3/h4-9,11,13,15H,10,12H2,1-3H3,(H,23,29)(H,24,28). The van der Waals surface area contributed by atoms with E-state index < -0.39 is 16.7 Å². The van der Waals surface area contributed by atoms with Gasteiger partial charge in [0.05, 0.1) is 23.6 Å². The molecule has 10 nitrogen and oxygen atoms in total. The van der Waals surface area contributed by atoms with Gasteiger partial charge in [-0.2, -0.15) is 0 Å². The van der Waals surface area contributed by atoms with Gasteiger partial charge in [0.2, 0.25) is 11.8 Å². The summed E-state index contributed by atoms with van der Waals surface area (Å²) in [5.74, 6) is -0.914. The molecule has 0 bridgehead atoms. The van der Waals surface area contributed by atoms with E-state index in [0.717, 1.165) is 0 Å². The average Bonchev–Trinajstić information content (AvgIpc) is 3.16. The minimum absolute atomic E-state index is 0.0382. The molecule has 1 aliphatic rings. The number of carbonyl (C=O) groups excluding carboxylic acids is 3. The van der Waals surface area contributed by atoms with E-state index in [4.69, 9.17) is 4.74 Å². The van der Waals surface area contributed by atoms with Crippen LogP contribution in [0.25, 0.3) is 0 Å². The molecule has 2 aromatic carbocycles. The lowest BCUT2D eigenvalue weighted by atomic mass is 10.1. The zero-order chi connectivity index (χ0) is 23.4. The highest BCUT2D eigenvalue weighted by atomic mass is 16.6. The number of non-ortho nitro benzene ring substituents is 1. The molecule has 2 N–H and O–H groups in total. The van der Waals surface area contributed by atoms with Crippen LogP contribution < -0.4 is 15.4 Å². The molecule has 0 spiro atoms. The lowest BCUT2D eigenvalue weighted by Crippen LogP contribution is -2.33. The van der Waals surface area contributed by atoms with Crippen LogP contribution >= 0.6 is 0 Å². The van der Waals surface area contributed by atoms with Crippen molar-refractivity contribution in [2.24, 2.45) is 5.92 Å². The highest BCUT2D eigenvalue weighted by Gasteiger charge is 2.35. The maximum absolute atomic E-state index is 12.6. The summed E-state index contributed by atoms with van der Waals surface area (Å²) in [4.78, 5) is 49.2. The van der Waals surface area contributed by atoms with Crippen LogP contribution in [-0.4, -0.2) is 47.2 Å². The summed E-state index contributed by atoms with van der Waals surface area (Å²) < 4.78 is 5.15. The molecular formula is C22H24N4O6. The first kappa shape index (κ1) is 22.7. The lowest BCUT2D eigenvalue weighted by Gasteiger charge is -2.20. The van der Waals surface area contributed by atoms with E-state index in [-0.39, 0.29) is 41.4 Å². The van der Waals surface area contributed by atoms with E-state index in [2.05, 4.69) is 10.6 Å². The molecule has 1 fully saturated rings. The highest BCUT2D eigenvalue weighted by Crippen LogP contribution is 2.29. The number of rotatable bonds is 7. The average molecular weight is 440 g/mol. The summed E-state index contributed by atoms with van der Waals surface area (Å²) in [6, 6.07) is 10.1. The van der Waals surface area contributed by atoms with Gasteiger partial charge < -0.3 is 20.3 Å². The first-order chi connectivity index (χ1) is 15.2. The van der Waals surface area contributed by atoms with Crippen LogP contribution in [0.4, 0.5) is 17.1 Å². The summed E-state index contributed by atoms with van der Waals surface area (Å²) in [7, 11) is 1.40. The van der Waals surface area contributed by atoms with Crippen LogP contribution in [0.3, 0.4) is 0 Å². The number of hydrogen-bond acceptors (Lipinski definition) is 6. The molecule has 1 saturated heterocycles. The number of nitrogens with one attached hydrogen (secondary N) is 2. The van der Waals surface area contributed by atoms with Gasteiger partial charge in [0.25, 0.3) is 11.6 Å². The predicted molar refractivity (Wildman–Crippen MR) is 118 cm³/mol. The summed E-state index contributed by atoms with van der Waals surface area (Å²) in [5, 5.41) is 16.4. The molecule has 3 rings (SSSR count). The number of methoxy groups -OCH3 is 1.